The van der Waals surface area contributed by atoms with Crippen molar-refractivity contribution in [2.24, 2.45) is 5.92 Å². The number of likely N-dealkylation sites (tertiary alicyclic amines) is 1. The Morgan fingerprint density at radius 2 is 2.03 bits per heavy atom. The minimum absolute atomic E-state index is 0.0405. The van der Waals surface area contributed by atoms with E-state index in [-0.39, 0.29) is 30.1 Å². The summed E-state index contributed by atoms with van der Waals surface area (Å²) in [6, 6.07) is 10.6. The number of benzene rings is 1. The molecule has 0 saturated carbocycles. The van der Waals surface area contributed by atoms with Crippen LogP contribution in [0.15, 0.2) is 53.5 Å². The molecule has 0 aliphatic carbocycles. The summed E-state index contributed by atoms with van der Waals surface area (Å²) in [6.07, 6.45) is 2.77. The third-order valence-corrected chi connectivity index (χ3v) is 7.13. The number of aryl methyl sites for hydroxylation is 1. The minimum Gasteiger partial charge on any atom is -0.384 e. The molecular weight excluding hydrogens is 462 g/mol. The summed E-state index contributed by atoms with van der Waals surface area (Å²) in [5.41, 5.74) is 10.4. The standard InChI is InChI=1S/C26H29N5O3S/c1-4-18(19-7-5-6-16(2)10-19)13-23(32)31-24(26(34)30(3)22-14-35-15-29-22)20(25(31)33)11-17-8-9-28-21(27)12-17/h5-10,12,14-15,18,20,24H,4,11,13H2,1-3H3,(H2,27,28)/t18-,20+,24-/m0/s1. The molecule has 2 aromatic heterocycles. The van der Waals surface area contributed by atoms with Crippen LogP contribution in [0.3, 0.4) is 0 Å². The molecule has 1 fully saturated rings. The summed E-state index contributed by atoms with van der Waals surface area (Å²) in [4.78, 5) is 51.0. The molecule has 8 nitrogen and oxygen atoms in total. The Bertz CT molecular complexity index is 1230. The monoisotopic (exact) mass is 491 g/mol. The van der Waals surface area contributed by atoms with Gasteiger partial charge in [0.15, 0.2) is 0 Å². The van der Waals surface area contributed by atoms with Crippen LogP contribution >= 0.6 is 11.3 Å². The van der Waals surface area contributed by atoms with E-state index in [0.29, 0.717) is 18.1 Å². The van der Waals surface area contributed by atoms with Crippen LogP contribution in [0.4, 0.5) is 11.6 Å². The highest BCUT2D eigenvalue weighted by Crippen LogP contribution is 2.35. The lowest BCUT2D eigenvalue weighted by molar-refractivity contribution is -0.170. The minimum atomic E-state index is -0.897. The molecule has 2 N–H and O–H groups in total. The number of imide groups is 1. The van der Waals surface area contributed by atoms with E-state index in [1.54, 1.807) is 36.3 Å². The van der Waals surface area contributed by atoms with Crippen molar-refractivity contribution >= 4 is 40.7 Å². The van der Waals surface area contributed by atoms with E-state index in [0.717, 1.165) is 28.0 Å². The fraction of sp³-hybridized carbons (Fsp3) is 0.346. The summed E-state index contributed by atoms with van der Waals surface area (Å²) in [5, 5.41) is 1.76. The first-order valence-corrected chi connectivity index (χ1v) is 12.5. The summed E-state index contributed by atoms with van der Waals surface area (Å²) in [5.74, 6) is -0.874. The molecule has 9 heteroatoms. The van der Waals surface area contributed by atoms with Crippen LogP contribution < -0.4 is 10.6 Å². The van der Waals surface area contributed by atoms with Gasteiger partial charge in [-0.15, -0.1) is 11.3 Å². The molecule has 4 rings (SSSR count). The molecule has 35 heavy (non-hydrogen) atoms. The van der Waals surface area contributed by atoms with Gasteiger partial charge in [-0.2, -0.15) is 0 Å². The average molecular weight is 492 g/mol. The number of carbonyl (C=O) groups is 3. The van der Waals surface area contributed by atoms with Gasteiger partial charge in [0.2, 0.25) is 11.8 Å². The number of carbonyl (C=O) groups excluding carboxylic acids is 3. The van der Waals surface area contributed by atoms with Crippen molar-refractivity contribution < 1.29 is 14.4 Å². The number of amides is 3. The first-order valence-electron chi connectivity index (χ1n) is 11.6. The molecule has 0 unspecified atom stereocenters. The zero-order chi connectivity index (χ0) is 25.1. The largest absolute Gasteiger partial charge is 0.384 e. The van der Waals surface area contributed by atoms with Crippen molar-refractivity contribution in [1.29, 1.82) is 0 Å². The van der Waals surface area contributed by atoms with Crippen LogP contribution in [0.2, 0.25) is 0 Å². The van der Waals surface area contributed by atoms with E-state index in [2.05, 4.69) is 16.0 Å². The van der Waals surface area contributed by atoms with Gasteiger partial charge in [-0.1, -0.05) is 36.8 Å². The maximum atomic E-state index is 13.5. The Labute approximate surface area is 208 Å². The van der Waals surface area contributed by atoms with Crippen LogP contribution in [0, 0.1) is 12.8 Å². The van der Waals surface area contributed by atoms with Gasteiger partial charge in [0, 0.05) is 25.0 Å². The van der Waals surface area contributed by atoms with E-state index in [9.17, 15) is 14.4 Å². The maximum absolute atomic E-state index is 13.5. The average Bonchev–Trinajstić information content (AvgIpc) is 3.38. The molecule has 3 aromatic rings. The third-order valence-electron chi connectivity index (χ3n) is 6.56. The number of aromatic nitrogens is 2. The van der Waals surface area contributed by atoms with Crippen molar-refractivity contribution in [1.82, 2.24) is 14.9 Å². The summed E-state index contributed by atoms with van der Waals surface area (Å²) in [7, 11) is 1.62. The van der Waals surface area contributed by atoms with Gasteiger partial charge in [-0.25, -0.2) is 9.97 Å². The van der Waals surface area contributed by atoms with Gasteiger partial charge < -0.3 is 5.73 Å². The van der Waals surface area contributed by atoms with Gasteiger partial charge >= 0.3 is 0 Å². The van der Waals surface area contributed by atoms with Gasteiger partial charge in [0.05, 0.1) is 11.4 Å². The van der Waals surface area contributed by atoms with Gasteiger partial charge in [-0.3, -0.25) is 24.2 Å². The number of anilines is 2. The normalized spacial score (nSPS) is 18.1. The number of hydrogen-bond donors (Lipinski definition) is 1. The van der Waals surface area contributed by atoms with Crippen LogP contribution in [0.5, 0.6) is 0 Å². The molecule has 182 valence electrons. The molecule has 1 aliphatic heterocycles. The second kappa shape index (κ2) is 10.4. The van der Waals surface area contributed by atoms with Crippen LogP contribution in [-0.4, -0.2) is 45.7 Å². The number of hydrogen-bond acceptors (Lipinski definition) is 7. The highest BCUT2D eigenvalue weighted by atomic mass is 32.1. The molecule has 0 spiro atoms. The lowest BCUT2D eigenvalue weighted by Gasteiger charge is -2.46. The van der Waals surface area contributed by atoms with Crippen molar-refractivity contribution in [2.45, 2.75) is 45.1 Å². The highest BCUT2D eigenvalue weighted by Gasteiger charge is 2.55. The third kappa shape index (κ3) is 5.09. The number of β-lactam (4-membered cyclic amide) rings is 1. The maximum Gasteiger partial charge on any atom is 0.252 e. The number of nitrogens with zero attached hydrogens (tertiary/aromatic N) is 4. The van der Waals surface area contributed by atoms with Crippen molar-refractivity contribution in [3.8, 4) is 0 Å². The van der Waals surface area contributed by atoms with Gasteiger partial charge in [0.1, 0.15) is 17.7 Å². The van der Waals surface area contributed by atoms with E-state index in [1.807, 2.05) is 32.0 Å². The fourth-order valence-corrected chi connectivity index (χ4v) is 5.17. The predicted molar refractivity (Wildman–Crippen MR) is 136 cm³/mol. The molecule has 0 radical (unpaired) electrons. The van der Waals surface area contributed by atoms with Crippen molar-refractivity contribution in [2.75, 3.05) is 17.7 Å². The first kappa shape index (κ1) is 24.5. The molecular formula is C26H29N5O3S. The molecule has 1 aliphatic rings. The quantitative estimate of drug-likeness (QED) is 0.483. The summed E-state index contributed by atoms with van der Waals surface area (Å²) in [6.45, 7) is 4.03. The molecule has 3 atom stereocenters. The lowest BCUT2D eigenvalue weighted by Crippen LogP contribution is -2.69. The second-order valence-electron chi connectivity index (χ2n) is 8.91. The molecule has 3 amide bonds. The molecule has 3 heterocycles. The van der Waals surface area contributed by atoms with E-state index in [1.165, 1.54) is 16.2 Å². The zero-order valence-electron chi connectivity index (χ0n) is 20.0. The number of nitrogen functional groups attached to an aromatic ring is 1. The molecule has 0 bridgehead atoms. The second-order valence-corrected chi connectivity index (χ2v) is 9.63. The van der Waals surface area contributed by atoms with Crippen molar-refractivity contribution in [3.63, 3.8) is 0 Å². The zero-order valence-corrected chi connectivity index (χ0v) is 20.9. The summed E-state index contributed by atoms with van der Waals surface area (Å²) >= 11 is 1.37. The molecule has 1 aromatic carbocycles. The summed E-state index contributed by atoms with van der Waals surface area (Å²) < 4.78 is 0. The number of pyridine rings is 1. The number of likely N-dealkylation sites (N-methyl/N-ethyl adjacent to an activating group) is 1. The Morgan fingerprint density at radius 1 is 1.23 bits per heavy atom. The predicted octanol–water partition coefficient (Wildman–Crippen LogP) is 3.57. The number of rotatable bonds is 8. The fourth-order valence-electron chi connectivity index (χ4n) is 4.60. The SMILES string of the molecule is CC[C@@H](CC(=O)N1C(=O)[C@H](Cc2ccnc(N)c2)[C@H]1C(=O)N(C)c1cscn1)c1cccc(C)c1. The lowest BCUT2D eigenvalue weighted by atomic mass is 9.80. The topological polar surface area (TPSA) is 109 Å². The Morgan fingerprint density at radius 3 is 2.69 bits per heavy atom. The van der Waals surface area contributed by atoms with E-state index >= 15 is 0 Å². The van der Waals surface area contributed by atoms with E-state index in [4.69, 9.17) is 5.73 Å². The molecule has 1 saturated heterocycles. The van der Waals surface area contributed by atoms with E-state index < -0.39 is 12.0 Å². The van der Waals surface area contributed by atoms with Crippen LogP contribution in [-0.2, 0) is 20.8 Å². The number of nitrogens with two attached hydrogens (primary N) is 1. The number of thiazole rings is 1. The van der Waals surface area contributed by atoms with Crippen molar-refractivity contribution in [3.05, 3.63) is 70.2 Å². The van der Waals surface area contributed by atoms with Gasteiger partial charge in [0.25, 0.3) is 5.91 Å². The Balaban J connectivity index is 1.59. The smallest absolute Gasteiger partial charge is 0.252 e. The Hall–Kier alpha value is -3.59. The highest BCUT2D eigenvalue weighted by molar-refractivity contribution is 7.07. The van der Waals surface area contributed by atoms with Gasteiger partial charge in [-0.05, 0) is 48.9 Å². The first-order chi connectivity index (χ1) is 16.8. The van der Waals surface area contributed by atoms with Crippen LogP contribution in [0.25, 0.3) is 0 Å². The Kier molecular flexibility index (Phi) is 7.25. The van der Waals surface area contributed by atoms with Crippen LogP contribution in [0.1, 0.15) is 42.4 Å².